The molecule has 2 aliphatic heterocycles. The van der Waals surface area contributed by atoms with Crippen molar-refractivity contribution in [3.63, 3.8) is 0 Å². The summed E-state index contributed by atoms with van der Waals surface area (Å²) in [5, 5.41) is 5.21. The van der Waals surface area contributed by atoms with E-state index < -0.39 is 18.1 Å². The summed E-state index contributed by atoms with van der Waals surface area (Å²) in [5.74, 6) is -0.827. The van der Waals surface area contributed by atoms with Crippen LogP contribution in [0.25, 0.3) is 0 Å². The molecule has 4 amide bonds. The fraction of sp³-hybridized carbons (Fsp3) is 0.333. The largest absolute Gasteiger partial charge is 0.481 e. The molecule has 2 aliphatic rings. The van der Waals surface area contributed by atoms with Gasteiger partial charge in [-0.3, -0.25) is 24.5 Å². The van der Waals surface area contributed by atoms with Gasteiger partial charge in [-0.15, -0.1) is 0 Å². The van der Waals surface area contributed by atoms with Crippen molar-refractivity contribution in [3.05, 3.63) is 58.7 Å². The number of carbonyl (C=O) groups is 4. The van der Waals surface area contributed by atoms with Gasteiger partial charge in [-0.25, -0.2) is 0 Å². The van der Waals surface area contributed by atoms with Crippen LogP contribution in [0.5, 0.6) is 5.75 Å². The number of anilines is 1. The quantitative estimate of drug-likeness (QED) is 0.702. The summed E-state index contributed by atoms with van der Waals surface area (Å²) in [6, 6.07) is 10.1. The van der Waals surface area contributed by atoms with Gasteiger partial charge in [-0.2, -0.15) is 0 Å². The van der Waals surface area contributed by atoms with Gasteiger partial charge in [0.05, 0.1) is 0 Å². The van der Waals surface area contributed by atoms with Crippen LogP contribution in [0.1, 0.15) is 46.8 Å². The highest BCUT2D eigenvalue weighted by atomic mass is 16.5. The molecule has 2 N–H and O–H groups in total. The molecular formula is C24H25N3O5. The zero-order valence-corrected chi connectivity index (χ0v) is 18.2. The minimum atomic E-state index is -0.754. The molecule has 2 unspecified atom stereocenters. The van der Waals surface area contributed by atoms with Gasteiger partial charge in [-0.1, -0.05) is 18.2 Å². The molecule has 0 saturated carbocycles. The van der Waals surface area contributed by atoms with E-state index in [1.54, 1.807) is 25.1 Å². The fourth-order valence-corrected chi connectivity index (χ4v) is 4.12. The first-order chi connectivity index (χ1) is 15.2. The van der Waals surface area contributed by atoms with Gasteiger partial charge in [0.25, 0.3) is 11.8 Å². The van der Waals surface area contributed by atoms with Gasteiger partial charge in [0, 0.05) is 24.2 Å². The summed E-state index contributed by atoms with van der Waals surface area (Å²) in [5.41, 5.74) is 3.92. The second-order valence-corrected chi connectivity index (χ2v) is 8.24. The molecule has 2 aromatic rings. The maximum atomic E-state index is 12.8. The maximum Gasteiger partial charge on any atom is 0.265 e. The lowest BCUT2D eigenvalue weighted by atomic mass is 10.0. The number of ether oxygens (including phenoxy) is 1. The highest BCUT2D eigenvalue weighted by Gasteiger charge is 2.39. The smallest absolute Gasteiger partial charge is 0.265 e. The first-order valence-electron chi connectivity index (χ1n) is 10.6. The topological polar surface area (TPSA) is 105 Å². The Labute approximate surface area is 185 Å². The number of rotatable bonds is 5. The van der Waals surface area contributed by atoms with Gasteiger partial charge in [0.1, 0.15) is 11.8 Å². The molecular weight excluding hydrogens is 410 g/mol. The lowest BCUT2D eigenvalue weighted by Crippen LogP contribution is -2.52. The molecule has 166 valence electrons. The molecule has 2 aromatic carbocycles. The average molecular weight is 435 g/mol. The SMILES string of the molecule is Cc1cccc(C)c1NC(=O)C(C)Oc1ccc2c(c1)CN(C1CCC(=O)NC1=O)C2=O. The highest BCUT2D eigenvalue weighted by Crippen LogP contribution is 2.30. The van der Waals surface area contributed by atoms with Crippen LogP contribution in [0.2, 0.25) is 0 Å². The zero-order valence-electron chi connectivity index (χ0n) is 18.2. The van der Waals surface area contributed by atoms with Crippen LogP contribution in [0, 0.1) is 13.8 Å². The normalized spacial score (nSPS) is 18.8. The van der Waals surface area contributed by atoms with Gasteiger partial charge in [0.15, 0.2) is 6.10 Å². The van der Waals surface area contributed by atoms with E-state index in [2.05, 4.69) is 10.6 Å². The van der Waals surface area contributed by atoms with E-state index in [0.29, 0.717) is 17.7 Å². The summed E-state index contributed by atoms with van der Waals surface area (Å²) in [7, 11) is 0. The Morgan fingerprint density at radius 1 is 1.16 bits per heavy atom. The van der Waals surface area contributed by atoms with Crippen LogP contribution in [0.4, 0.5) is 5.69 Å². The molecule has 0 spiro atoms. The van der Waals surface area contributed by atoms with Crippen LogP contribution in [0.15, 0.2) is 36.4 Å². The van der Waals surface area contributed by atoms with E-state index in [-0.39, 0.29) is 30.7 Å². The van der Waals surface area contributed by atoms with Crippen molar-refractivity contribution in [1.82, 2.24) is 10.2 Å². The van der Waals surface area contributed by atoms with E-state index in [4.69, 9.17) is 4.74 Å². The first-order valence-corrected chi connectivity index (χ1v) is 10.6. The molecule has 2 atom stereocenters. The van der Waals surface area contributed by atoms with Crippen LogP contribution >= 0.6 is 0 Å². The third-order valence-electron chi connectivity index (χ3n) is 5.91. The van der Waals surface area contributed by atoms with Gasteiger partial charge < -0.3 is 15.0 Å². The van der Waals surface area contributed by atoms with Crippen molar-refractivity contribution in [1.29, 1.82) is 0 Å². The standard InChI is InChI=1S/C24H25N3O5/c1-13-5-4-6-14(2)21(13)26-22(29)15(3)32-17-7-8-18-16(11-17)12-27(24(18)31)19-9-10-20(28)25-23(19)30/h4-8,11,15,19H,9-10,12H2,1-3H3,(H,26,29)(H,25,28,30). The van der Waals surface area contributed by atoms with E-state index in [0.717, 1.165) is 22.4 Å². The van der Waals surface area contributed by atoms with Crippen molar-refractivity contribution in [2.75, 3.05) is 5.32 Å². The van der Waals surface area contributed by atoms with Crippen LogP contribution in [0.3, 0.4) is 0 Å². The number of piperidine rings is 1. The van der Waals surface area contributed by atoms with Gasteiger partial charge in [0.2, 0.25) is 11.8 Å². The maximum absolute atomic E-state index is 12.8. The third-order valence-corrected chi connectivity index (χ3v) is 5.91. The Balaban J connectivity index is 1.44. The first kappa shape index (κ1) is 21.5. The second-order valence-electron chi connectivity index (χ2n) is 8.24. The number of nitrogens with zero attached hydrogens (tertiary/aromatic N) is 1. The minimum Gasteiger partial charge on any atom is -0.481 e. The van der Waals surface area contributed by atoms with E-state index in [1.165, 1.54) is 4.90 Å². The Bertz CT molecular complexity index is 1110. The third kappa shape index (κ3) is 4.08. The fourth-order valence-electron chi connectivity index (χ4n) is 4.12. The zero-order chi connectivity index (χ0) is 23.0. The number of amides is 4. The number of hydrogen-bond acceptors (Lipinski definition) is 5. The lowest BCUT2D eigenvalue weighted by Gasteiger charge is -2.29. The number of imide groups is 1. The number of aryl methyl sites for hydroxylation is 2. The predicted octanol–water partition coefficient (Wildman–Crippen LogP) is 2.47. The molecule has 1 fully saturated rings. The summed E-state index contributed by atoms with van der Waals surface area (Å²) in [6.45, 7) is 5.78. The Morgan fingerprint density at radius 2 is 1.88 bits per heavy atom. The monoisotopic (exact) mass is 435 g/mol. The summed E-state index contributed by atoms with van der Waals surface area (Å²) in [6.07, 6.45) is -0.239. The molecule has 8 heteroatoms. The van der Waals surface area contributed by atoms with Crippen LogP contribution in [-0.4, -0.2) is 40.7 Å². The van der Waals surface area contributed by atoms with Crippen molar-refractivity contribution in [3.8, 4) is 5.75 Å². The predicted molar refractivity (Wildman–Crippen MR) is 117 cm³/mol. The number of hydrogen-bond donors (Lipinski definition) is 2. The van der Waals surface area contributed by atoms with Crippen molar-refractivity contribution in [2.24, 2.45) is 0 Å². The highest BCUT2D eigenvalue weighted by molar-refractivity contribution is 6.05. The summed E-state index contributed by atoms with van der Waals surface area (Å²) >= 11 is 0. The number of para-hydroxylation sites is 1. The van der Waals surface area contributed by atoms with Crippen molar-refractivity contribution >= 4 is 29.3 Å². The molecule has 0 aliphatic carbocycles. The molecule has 32 heavy (non-hydrogen) atoms. The molecule has 1 saturated heterocycles. The molecule has 8 nitrogen and oxygen atoms in total. The molecule has 0 bridgehead atoms. The van der Waals surface area contributed by atoms with Crippen LogP contribution in [-0.2, 0) is 20.9 Å². The second kappa shape index (κ2) is 8.45. The van der Waals surface area contributed by atoms with E-state index in [1.807, 2.05) is 32.0 Å². The number of carbonyl (C=O) groups excluding carboxylic acids is 4. The average Bonchev–Trinajstić information content (AvgIpc) is 3.06. The Kier molecular flexibility index (Phi) is 5.69. The molecule has 2 heterocycles. The van der Waals surface area contributed by atoms with Gasteiger partial charge in [-0.05, 0) is 62.1 Å². The van der Waals surface area contributed by atoms with E-state index in [9.17, 15) is 19.2 Å². The Hall–Kier alpha value is -3.68. The summed E-state index contributed by atoms with van der Waals surface area (Å²) < 4.78 is 5.84. The Morgan fingerprint density at radius 3 is 2.56 bits per heavy atom. The van der Waals surface area contributed by atoms with Crippen LogP contribution < -0.4 is 15.4 Å². The molecule has 0 aromatic heterocycles. The molecule has 4 rings (SSSR count). The minimum absolute atomic E-state index is 0.206. The lowest BCUT2D eigenvalue weighted by molar-refractivity contribution is -0.137. The number of nitrogens with one attached hydrogen (secondary N) is 2. The number of fused-ring (bicyclic) bond motifs is 1. The van der Waals surface area contributed by atoms with Gasteiger partial charge >= 0.3 is 0 Å². The number of benzene rings is 2. The van der Waals surface area contributed by atoms with E-state index >= 15 is 0 Å². The summed E-state index contributed by atoms with van der Waals surface area (Å²) in [4.78, 5) is 50.5. The van der Waals surface area contributed by atoms with Crippen molar-refractivity contribution in [2.45, 2.75) is 52.3 Å². The van der Waals surface area contributed by atoms with Crippen molar-refractivity contribution < 1.29 is 23.9 Å². The molecule has 0 radical (unpaired) electrons.